The molecular formula is C9H10N4O. The fourth-order valence-corrected chi connectivity index (χ4v) is 1.22. The lowest BCUT2D eigenvalue weighted by Crippen LogP contribution is -2.53. The highest BCUT2D eigenvalue weighted by atomic mass is 16.2. The number of amidine groups is 1. The summed E-state index contributed by atoms with van der Waals surface area (Å²) in [5, 5.41) is 5.00. The molecule has 1 aliphatic heterocycles. The predicted octanol–water partition coefficient (Wildman–Crippen LogP) is -0.0117. The summed E-state index contributed by atoms with van der Waals surface area (Å²) in [6.45, 7) is 0. The molecule has 0 saturated heterocycles. The monoisotopic (exact) mass is 190 g/mol. The van der Waals surface area contributed by atoms with Crippen molar-refractivity contribution < 1.29 is 4.79 Å². The Hall–Kier alpha value is -1.88. The Balaban J connectivity index is 2.31. The lowest BCUT2D eigenvalue weighted by atomic mass is 10.2. The van der Waals surface area contributed by atoms with Crippen LogP contribution in [0.5, 0.6) is 0 Å². The normalized spacial score (nSPS) is 20.8. The minimum Gasteiger partial charge on any atom is -0.303 e. The van der Waals surface area contributed by atoms with Crippen molar-refractivity contribution in [3.05, 3.63) is 35.9 Å². The maximum Gasteiger partial charge on any atom is 0.323 e. The first-order valence-corrected chi connectivity index (χ1v) is 4.22. The standard InChI is InChI=1S/C9H10N4O/c10-8-11-7(12-9(14)13-8)6-4-2-1-3-5-6/h1-5,8H,10H2,(H2,11,12,13,14). The van der Waals surface area contributed by atoms with E-state index >= 15 is 0 Å². The Kier molecular flexibility index (Phi) is 2.16. The van der Waals surface area contributed by atoms with E-state index in [0.717, 1.165) is 5.56 Å². The molecule has 1 heterocycles. The van der Waals surface area contributed by atoms with Crippen molar-refractivity contribution in [2.75, 3.05) is 0 Å². The van der Waals surface area contributed by atoms with Gasteiger partial charge in [-0.2, -0.15) is 0 Å². The van der Waals surface area contributed by atoms with Gasteiger partial charge in [0, 0.05) is 5.56 Å². The molecule has 14 heavy (non-hydrogen) atoms. The summed E-state index contributed by atoms with van der Waals surface area (Å²) in [5.74, 6) is 0.502. The van der Waals surface area contributed by atoms with E-state index in [1.165, 1.54) is 0 Å². The van der Waals surface area contributed by atoms with Crippen LogP contribution in [0.3, 0.4) is 0 Å². The molecule has 72 valence electrons. The van der Waals surface area contributed by atoms with Crippen molar-refractivity contribution in [1.82, 2.24) is 10.6 Å². The molecule has 2 rings (SSSR count). The minimum atomic E-state index is -0.668. The summed E-state index contributed by atoms with van der Waals surface area (Å²) in [6, 6.07) is 9.03. The van der Waals surface area contributed by atoms with E-state index in [1.807, 2.05) is 30.3 Å². The van der Waals surface area contributed by atoms with Crippen LogP contribution in [0.15, 0.2) is 35.3 Å². The molecule has 2 amide bonds. The van der Waals surface area contributed by atoms with Gasteiger partial charge in [0.05, 0.1) is 0 Å². The van der Waals surface area contributed by atoms with Crippen molar-refractivity contribution in [2.24, 2.45) is 10.7 Å². The van der Waals surface area contributed by atoms with Crippen LogP contribution in [0, 0.1) is 0 Å². The van der Waals surface area contributed by atoms with Gasteiger partial charge in [-0.1, -0.05) is 30.3 Å². The van der Waals surface area contributed by atoms with Gasteiger partial charge in [0.25, 0.3) is 0 Å². The smallest absolute Gasteiger partial charge is 0.303 e. The molecule has 1 aliphatic rings. The lowest BCUT2D eigenvalue weighted by molar-refractivity contribution is 0.240. The number of hydrogen-bond acceptors (Lipinski definition) is 3. The number of nitrogens with zero attached hydrogens (tertiary/aromatic N) is 1. The number of nitrogens with two attached hydrogens (primary N) is 1. The summed E-state index contributed by atoms with van der Waals surface area (Å²) in [6.07, 6.45) is -0.668. The zero-order valence-corrected chi connectivity index (χ0v) is 7.40. The molecular weight excluding hydrogens is 180 g/mol. The van der Waals surface area contributed by atoms with Gasteiger partial charge in [-0.25, -0.2) is 9.79 Å². The van der Waals surface area contributed by atoms with E-state index in [4.69, 9.17) is 5.73 Å². The maximum absolute atomic E-state index is 11.1. The number of carbonyl (C=O) groups excluding carboxylic acids is 1. The number of rotatable bonds is 1. The van der Waals surface area contributed by atoms with Gasteiger partial charge in [-0.3, -0.25) is 11.1 Å². The molecule has 1 atom stereocenters. The van der Waals surface area contributed by atoms with Crippen molar-refractivity contribution in [2.45, 2.75) is 6.29 Å². The molecule has 4 N–H and O–H groups in total. The van der Waals surface area contributed by atoms with E-state index in [2.05, 4.69) is 15.6 Å². The van der Waals surface area contributed by atoms with E-state index in [9.17, 15) is 4.79 Å². The van der Waals surface area contributed by atoms with Gasteiger partial charge in [0.2, 0.25) is 0 Å². The number of urea groups is 1. The number of nitrogens with one attached hydrogen (secondary N) is 2. The molecule has 0 radical (unpaired) electrons. The average molecular weight is 190 g/mol. The summed E-state index contributed by atoms with van der Waals surface area (Å²) in [5.41, 5.74) is 6.34. The van der Waals surface area contributed by atoms with Gasteiger partial charge in [0.15, 0.2) is 6.29 Å². The first-order valence-electron chi connectivity index (χ1n) is 4.22. The first kappa shape index (κ1) is 8.71. The summed E-state index contributed by atoms with van der Waals surface area (Å²) in [4.78, 5) is 15.1. The number of amides is 2. The Morgan fingerprint density at radius 1 is 1.29 bits per heavy atom. The van der Waals surface area contributed by atoms with Crippen molar-refractivity contribution in [1.29, 1.82) is 0 Å². The zero-order valence-electron chi connectivity index (χ0n) is 7.40. The minimum absolute atomic E-state index is 0.327. The largest absolute Gasteiger partial charge is 0.323 e. The summed E-state index contributed by atoms with van der Waals surface area (Å²) in [7, 11) is 0. The van der Waals surface area contributed by atoms with Crippen molar-refractivity contribution >= 4 is 11.9 Å². The van der Waals surface area contributed by atoms with Crippen LogP contribution in [0.2, 0.25) is 0 Å². The number of hydrogen-bond donors (Lipinski definition) is 3. The van der Waals surface area contributed by atoms with Crippen LogP contribution in [-0.4, -0.2) is 18.2 Å². The molecule has 0 fully saturated rings. The van der Waals surface area contributed by atoms with E-state index in [-0.39, 0.29) is 6.03 Å². The SMILES string of the molecule is NC1N=C(c2ccccc2)NC(=O)N1. The molecule has 1 aromatic carbocycles. The second kappa shape index (κ2) is 3.47. The summed E-state index contributed by atoms with van der Waals surface area (Å²) < 4.78 is 0. The maximum atomic E-state index is 11.1. The molecule has 0 aliphatic carbocycles. The van der Waals surface area contributed by atoms with Crippen molar-refractivity contribution in [3.63, 3.8) is 0 Å². The number of benzene rings is 1. The molecule has 5 heteroatoms. The van der Waals surface area contributed by atoms with Gasteiger partial charge >= 0.3 is 6.03 Å². The molecule has 1 aromatic rings. The second-order valence-electron chi connectivity index (χ2n) is 2.89. The molecule has 0 bridgehead atoms. The van der Waals surface area contributed by atoms with Crippen LogP contribution in [0.4, 0.5) is 4.79 Å². The van der Waals surface area contributed by atoms with Gasteiger partial charge in [0.1, 0.15) is 5.84 Å². The molecule has 0 saturated carbocycles. The average Bonchev–Trinajstić information content (AvgIpc) is 2.18. The van der Waals surface area contributed by atoms with E-state index in [1.54, 1.807) is 0 Å². The van der Waals surface area contributed by atoms with Crippen LogP contribution in [0.25, 0.3) is 0 Å². The van der Waals surface area contributed by atoms with Gasteiger partial charge < -0.3 is 5.32 Å². The topological polar surface area (TPSA) is 79.5 Å². The highest BCUT2D eigenvalue weighted by Crippen LogP contribution is 2.01. The number of carbonyl (C=O) groups is 1. The summed E-state index contributed by atoms with van der Waals surface area (Å²) >= 11 is 0. The third kappa shape index (κ3) is 1.72. The number of aliphatic imine (C=N–C) groups is 1. The molecule has 0 aromatic heterocycles. The Morgan fingerprint density at radius 3 is 2.64 bits per heavy atom. The fraction of sp³-hybridized carbons (Fsp3) is 0.111. The Labute approximate surface area is 81.0 Å². The van der Waals surface area contributed by atoms with E-state index in [0.29, 0.717) is 5.84 Å². The quantitative estimate of drug-likeness (QED) is 0.582. The highest BCUT2D eigenvalue weighted by molar-refractivity contribution is 6.08. The zero-order chi connectivity index (χ0) is 9.97. The first-order chi connectivity index (χ1) is 6.75. The van der Waals surface area contributed by atoms with Crippen LogP contribution < -0.4 is 16.4 Å². The lowest BCUT2D eigenvalue weighted by Gasteiger charge is -2.19. The Morgan fingerprint density at radius 2 is 2.00 bits per heavy atom. The highest BCUT2D eigenvalue weighted by Gasteiger charge is 2.16. The Bertz CT molecular complexity index is 374. The van der Waals surface area contributed by atoms with Gasteiger partial charge in [-0.05, 0) is 0 Å². The van der Waals surface area contributed by atoms with Crippen LogP contribution in [0.1, 0.15) is 5.56 Å². The van der Waals surface area contributed by atoms with Gasteiger partial charge in [-0.15, -0.1) is 0 Å². The third-order valence-electron chi connectivity index (χ3n) is 1.83. The molecule has 0 spiro atoms. The van der Waals surface area contributed by atoms with E-state index < -0.39 is 6.29 Å². The van der Waals surface area contributed by atoms with Crippen LogP contribution in [-0.2, 0) is 0 Å². The second-order valence-corrected chi connectivity index (χ2v) is 2.89. The van der Waals surface area contributed by atoms with Crippen LogP contribution >= 0.6 is 0 Å². The molecule has 5 nitrogen and oxygen atoms in total. The fourth-order valence-electron chi connectivity index (χ4n) is 1.22. The molecule has 1 unspecified atom stereocenters. The van der Waals surface area contributed by atoms with Crippen molar-refractivity contribution in [3.8, 4) is 0 Å². The predicted molar refractivity (Wildman–Crippen MR) is 52.6 cm³/mol. The third-order valence-corrected chi connectivity index (χ3v) is 1.83.